The predicted octanol–water partition coefficient (Wildman–Crippen LogP) is 14.1. The second-order valence-electron chi connectivity index (χ2n) is 17.0. The molecule has 13 rings (SSSR count). The lowest BCUT2D eigenvalue weighted by atomic mass is 9.81. The Labute approximate surface area is 372 Å². The van der Waals surface area contributed by atoms with Gasteiger partial charge in [-0.2, -0.15) is 0 Å². The van der Waals surface area contributed by atoms with Crippen molar-refractivity contribution in [3.05, 3.63) is 248 Å². The molecule has 9 aromatic rings. The molecule has 0 saturated carbocycles. The SMILES string of the molecule is C1=CC2NC(c3ccc(-c4c5ccccc5c(-c5c6ccccc6c(-c6ccc(C7=CN8C=CC(c9ccccc9)=CC8N7)cc6)c6ccccc56)c5ccccc45)cc3)=CN2C=C1. The molecule has 0 aromatic heterocycles. The molecule has 4 heteroatoms. The molecular weight excluding hydrogens is 777 g/mol. The minimum absolute atomic E-state index is 0.0770. The van der Waals surface area contributed by atoms with Crippen molar-refractivity contribution in [3.63, 3.8) is 0 Å². The van der Waals surface area contributed by atoms with E-state index in [0.29, 0.717) is 0 Å². The number of allylic oxidation sites excluding steroid dienone is 4. The van der Waals surface area contributed by atoms with Crippen molar-refractivity contribution in [1.29, 1.82) is 0 Å². The summed E-state index contributed by atoms with van der Waals surface area (Å²) in [5, 5.41) is 17.4. The van der Waals surface area contributed by atoms with Crippen LogP contribution in [0, 0.1) is 0 Å². The monoisotopic (exact) mass is 818 g/mol. The fraction of sp³-hybridized carbons (Fsp3) is 0.0333. The molecule has 9 aromatic carbocycles. The minimum Gasteiger partial charge on any atom is -0.360 e. The van der Waals surface area contributed by atoms with Gasteiger partial charge < -0.3 is 20.4 Å². The maximum Gasteiger partial charge on any atom is 0.123 e. The Morgan fingerprint density at radius 2 is 0.719 bits per heavy atom. The normalized spacial score (nSPS) is 17.3. The molecule has 302 valence electrons. The maximum absolute atomic E-state index is 3.77. The van der Waals surface area contributed by atoms with Crippen LogP contribution in [0.15, 0.2) is 231 Å². The third-order valence-corrected chi connectivity index (χ3v) is 13.4. The van der Waals surface area contributed by atoms with Gasteiger partial charge in [0.2, 0.25) is 0 Å². The lowest BCUT2D eigenvalue weighted by Crippen LogP contribution is -2.32. The Balaban J connectivity index is 0.926. The second kappa shape index (κ2) is 14.6. The van der Waals surface area contributed by atoms with Gasteiger partial charge in [0, 0.05) is 24.8 Å². The van der Waals surface area contributed by atoms with E-state index in [9.17, 15) is 0 Å². The molecular formula is C60H42N4. The molecule has 2 N–H and O–H groups in total. The largest absolute Gasteiger partial charge is 0.360 e. The summed E-state index contributed by atoms with van der Waals surface area (Å²) in [5.74, 6) is 0. The summed E-state index contributed by atoms with van der Waals surface area (Å²) in [6.07, 6.45) is 19.8. The van der Waals surface area contributed by atoms with E-state index in [4.69, 9.17) is 0 Å². The first-order chi connectivity index (χ1) is 31.7. The van der Waals surface area contributed by atoms with Gasteiger partial charge >= 0.3 is 0 Å². The van der Waals surface area contributed by atoms with Gasteiger partial charge in [0.15, 0.2) is 0 Å². The summed E-state index contributed by atoms with van der Waals surface area (Å²) in [4.78, 5) is 4.46. The summed E-state index contributed by atoms with van der Waals surface area (Å²) < 4.78 is 0. The molecule has 2 atom stereocenters. The number of hydrogen-bond acceptors (Lipinski definition) is 4. The van der Waals surface area contributed by atoms with Gasteiger partial charge in [0.25, 0.3) is 0 Å². The van der Waals surface area contributed by atoms with Gasteiger partial charge in [-0.25, -0.2) is 0 Å². The fourth-order valence-corrected chi connectivity index (χ4v) is 10.4. The molecule has 0 aliphatic carbocycles. The average Bonchev–Trinajstić information content (AvgIpc) is 4.01. The molecule has 0 radical (unpaired) electrons. The van der Waals surface area contributed by atoms with E-state index in [1.807, 2.05) is 0 Å². The Bertz CT molecular complexity index is 3440. The molecule has 64 heavy (non-hydrogen) atoms. The number of rotatable bonds is 6. The van der Waals surface area contributed by atoms with Gasteiger partial charge in [-0.15, -0.1) is 0 Å². The molecule has 0 bridgehead atoms. The summed E-state index contributed by atoms with van der Waals surface area (Å²) in [5.41, 5.74) is 14.5. The van der Waals surface area contributed by atoms with E-state index in [-0.39, 0.29) is 12.3 Å². The van der Waals surface area contributed by atoms with E-state index >= 15 is 0 Å². The van der Waals surface area contributed by atoms with E-state index < -0.39 is 0 Å². The Morgan fingerprint density at radius 1 is 0.328 bits per heavy atom. The van der Waals surface area contributed by atoms with Crippen molar-refractivity contribution in [3.8, 4) is 33.4 Å². The van der Waals surface area contributed by atoms with Crippen LogP contribution < -0.4 is 10.6 Å². The molecule has 0 fully saturated rings. The van der Waals surface area contributed by atoms with Crippen molar-refractivity contribution in [1.82, 2.24) is 20.4 Å². The van der Waals surface area contributed by atoms with Crippen molar-refractivity contribution >= 4 is 60.1 Å². The van der Waals surface area contributed by atoms with Gasteiger partial charge in [-0.1, -0.05) is 182 Å². The molecule has 4 nitrogen and oxygen atoms in total. The van der Waals surface area contributed by atoms with Crippen molar-refractivity contribution < 1.29 is 0 Å². The van der Waals surface area contributed by atoms with E-state index in [1.165, 1.54) is 93.2 Å². The molecule has 4 aliphatic rings. The highest BCUT2D eigenvalue weighted by Gasteiger charge is 2.26. The summed E-state index contributed by atoms with van der Waals surface area (Å²) in [7, 11) is 0. The number of hydrogen-bond donors (Lipinski definition) is 2. The first-order valence-corrected chi connectivity index (χ1v) is 22.1. The van der Waals surface area contributed by atoms with Gasteiger partial charge in [-0.05, 0) is 123 Å². The molecule has 0 saturated heterocycles. The van der Waals surface area contributed by atoms with E-state index in [2.05, 4.69) is 252 Å². The molecule has 4 aliphatic heterocycles. The molecule has 0 spiro atoms. The molecule has 0 amide bonds. The highest BCUT2D eigenvalue weighted by Crippen LogP contribution is 2.50. The Kier molecular flexibility index (Phi) is 8.31. The van der Waals surface area contributed by atoms with Crippen LogP contribution in [0.5, 0.6) is 0 Å². The Hall–Kier alpha value is -8.34. The van der Waals surface area contributed by atoms with Gasteiger partial charge in [0.1, 0.15) is 12.3 Å². The fourth-order valence-electron chi connectivity index (χ4n) is 10.4. The van der Waals surface area contributed by atoms with Crippen LogP contribution in [-0.4, -0.2) is 22.1 Å². The van der Waals surface area contributed by atoms with E-state index in [0.717, 1.165) is 17.0 Å². The summed E-state index contributed by atoms with van der Waals surface area (Å²) in [6.45, 7) is 0. The third-order valence-electron chi connectivity index (χ3n) is 13.4. The van der Waals surface area contributed by atoms with Gasteiger partial charge in [0.05, 0.1) is 11.4 Å². The van der Waals surface area contributed by atoms with Crippen molar-refractivity contribution in [2.75, 3.05) is 0 Å². The van der Waals surface area contributed by atoms with Crippen molar-refractivity contribution in [2.45, 2.75) is 12.3 Å². The number of nitrogens with zero attached hydrogens (tertiary/aromatic N) is 2. The highest BCUT2D eigenvalue weighted by molar-refractivity contribution is 6.30. The smallest absolute Gasteiger partial charge is 0.123 e. The lowest BCUT2D eigenvalue weighted by Gasteiger charge is -2.24. The number of benzene rings is 9. The first kappa shape index (κ1) is 36.3. The predicted molar refractivity (Wildman–Crippen MR) is 268 cm³/mol. The first-order valence-electron chi connectivity index (χ1n) is 22.1. The summed E-state index contributed by atoms with van der Waals surface area (Å²) >= 11 is 0. The van der Waals surface area contributed by atoms with Crippen LogP contribution in [0.3, 0.4) is 0 Å². The van der Waals surface area contributed by atoms with Crippen LogP contribution in [0.2, 0.25) is 0 Å². The number of nitrogens with one attached hydrogen (secondary N) is 2. The average molecular weight is 819 g/mol. The standard InChI is InChI=1S/C60H42N4/c1-2-14-39(15-3-1)44-33-35-64-38-54(62-56(64)36-44)41-27-31-43(32-28-41)58-47-18-6-10-22-51(47)60(52-23-11-7-19-48(52)58)59-49-20-8-4-16-45(49)57(46-17-5-9-21-50(46)59)42-29-25-40(26-30-42)53-37-63-34-13-12-24-55(63)61-53/h1-38,55-56,61-62H. The lowest BCUT2D eigenvalue weighted by molar-refractivity contribution is 0.427. The van der Waals surface area contributed by atoms with Crippen LogP contribution in [0.25, 0.3) is 93.4 Å². The number of fused-ring (bicyclic) bond motifs is 6. The molecule has 4 heterocycles. The van der Waals surface area contributed by atoms with E-state index in [1.54, 1.807) is 0 Å². The van der Waals surface area contributed by atoms with Crippen LogP contribution in [0.4, 0.5) is 0 Å². The zero-order valence-corrected chi connectivity index (χ0v) is 35.0. The zero-order chi connectivity index (χ0) is 42.1. The van der Waals surface area contributed by atoms with Gasteiger partial charge in [-0.3, -0.25) is 0 Å². The zero-order valence-electron chi connectivity index (χ0n) is 35.0. The van der Waals surface area contributed by atoms with Crippen LogP contribution >= 0.6 is 0 Å². The summed E-state index contributed by atoms with van der Waals surface area (Å²) in [6, 6.07) is 64.9. The third kappa shape index (κ3) is 5.84. The highest BCUT2D eigenvalue weighted by atomic mass is 15.3. The van der Waals surface area contributed by atoms with Crippen LogP contribution in [0.1, 0.15) is 16.7 Å². The topological polar surface area (TPSA) is 30.5 Å². The van der Waals surface area contributed by atoms with Crippen molar-refractivity contribution in [2.24, 2.45) is 0 Å². The second-order valence-corrected chi connectivity index (χ2v) is 17.0. The quantitative estimate of drug-likeness (QED) is 0.164. The minimum atomic E-state index is 0.0770. The Morgan fingerprint density at radius 3 is 1.17 bits per heavy atom. The van der Waals surface area contributed by atoms with Crippen LogP contribution in [-0.2, 0) is 0 Å². The molecule has 2 unspecified atom stereocenters. The maximum atomic E-state index is 3.77.